The topological polar surface area (TPSA) is 83.7 Å². The van der Waals surface area contributed by atoms with Gasteiger partial charge in [-0.1, -0.05) is 23.7 Å². The van der Waals surface area contributed by atoms with Gasteiger partial charge in [0.15, 0.2) is 5.76 Å². The molecule has 0 unspecified atom stereocenters. The Labute approximate surface area is 163 Å². The molecule has 27 heavy (non-hydrogen) atoms. The van der Waals surface area contributed by atoms with Crippen LogP contribution in [0.1, 0.15) is 64.5 Å². The first-order valence-electron chi connectivity index (χ1n) is 8.93. The van der Waals surface area contributed by atoms with Crippen molar-refractivity contribution < 1.29 is 14.0 Å². The predicted molar refractivity (Wildman–Crippen MR) is 104 cm³/mol. The number of aryl methyl sites for hydroxylation is 1. The Morgan fingerprint density at radius 3 is 2.63 bits per heavy atom. The summed E-state index contributed by atoms with van der Waals surface area (Å²) >= 11 is 6.06. The third kappa shape index (κ3) is 4.06. The van der Waals surface area contributed by atoms with Gasteiger partial charge in [0.1, 0.15) is 5.76 Å². The lowest BCUT2D eigenvalue weighted by Crippen LogP contribution is -2.30. The van der Waals surface area contributed by atoms with Gasteiger partial charge in [-0.15, -0.1) is 0 Å². The average molecular weight is 388 g/mol. The van der Waals surface area contributed by atoms with Gasteiger partial charge in [0, 0.05) is 23.6 Å². The smallest absolute Gasteiger partial charge is 0.287 e. The van der Waals surface area contributed by atoms with Gasteiger partial charge in [0.2, 0.25) is 0 Å². The van der Waals surface area contributed by atoms with Crippen LogP contribution in [0, 0.1) is 6.92 Å². The van der Waals surface area contributed by atoms with Crippen molar-refractivity contribution in [3.63, 3.8) is 0 Å². The minimum Gasteiger partial charge on any atom is -0.455 e. The van der Waals surface area contributed by atoms with E-state index in [1.165, 1.54) is 0 Å². The van der Waals surface area contributed by atoms with Crippen molar-refractivity contribution in [3.05, 3.63) is 57.5 Å². The Balaban J connectivity index is 1.87. The average Bonchev–Trinajstić information content (AvgIpc) is 2.97. The van der Waals surface area contributed by atoms with Crippen LogP contribution < -0.4 is 10.7 Å². The standard InChI is InChI=1S/C20H22ClN3O3/c1-11(2)22-20(26)18-12(3)17-15(9-6-10-16(17)27-18)23-24-19(25)13-7-4-5-8-14(13)21/h4-5,7-8,11H,6,9-10H2,1-3H3,(H,22,26)(H,24,25)/b23-15+. The van der Waals surface area contributed by atoms with Gasteiger partial charge in [-0.05, 0) is 45.7 Å². The molecule has 0 spiro atoms. The summed E-state index contributed by atoms with van der Waals surface area (Å²) < 4.78 is 5.81. The Morgan fingerprint density at radius 2 is 1.93 bits per heavy atom. The lowest BCUT2D eigenvalue weighted by Gasteiger charge is -2.13. The molecule has 2 amide bonds. The molecular formula is C20H22ClN3O3. The number of carbonyl (C=O) groups excluding carboxylic acids is 2. The molecule has 0 bridgehead atoms. The number of rotatable bonds is 4. The van der Waals surface area contributed by atoms with Crippen LogP contribution in [-0.2, 0) is 6.42 Å². The highest BCUT2D eigenvalue weighted by atomic mass is 35.5. The van der Waals surface area contributed by atoms with E-state index >= 15 is 0 Å². The number of benzene rings is 1. The summed E-state index contributed by atoms with van der Waals surface area (Å²) in [7, 11) is 0. The summed E-state index contributed by atoms with van der Waals surface area (Å²) in [6, 6.07) is 6.81. The first-order valence-corrected chi connectivity index (χ1v) is 9.31. The minimum atomic E-state index is -0.376. The molecule has 1 aromatic carbocycles. The van der Waals surface area contributed by atoms with Crippen LogP contribution in [0.4, 0.5) is 0 Å². The van der Waals surface area contributed by atoms with Crippen LogP contribution >= 0.6 is 11.6 Å². The van der Waals surface area contributed by atoms with Crippen molar-refractivity contribution in [2.24, 2.45) is 5.10 Å². The molecule has 2 N–H and O–H groups in total. The summed E-state index contributed by atoms with van der Waals surface area (Å²) in [6.07, 6.45) is 2.27. The lowest BCUT2D eigenvalue weighted by molar-refractivity contribution is 0.0911. The van der Waals surface area contributed by atoms with E-state index in [4.69, 9.17) is 16.0 Å². The monoisotopic (exact) mass is 387 g/mol. The molecule has 0 saturated carbocycles. The summed E-state index contributed by atoms with van der Waals surface area (Å²) in [5.41, 5.74) is 5.20. The molecule has 7 heteroatoms. The zero-order chi connectivity index (χ0) is 19.6. The van der Waals surface area contributed by atoms with Crippen molar-refractivity contribution in [1.29, 1.82) is 0 Å². The molecule has 1 aliphatic rings. The number of furan rings is 1. The van der Waals surface area contributed by atoms with E-state index in [-0.39, 0.29) is 17.9 Å². The first-order chi connectivity index (χ1) is 12.9. The molecule has 2 aromatic rings. The number of nitrogens with zero attached hydrogens (tertiary/aromatic N) is 1. The minimum absolute atomic E-state index is 0.0158. The van der Waals surface area contributed by atoms with Crippen molar-refractivity contribution in [2.75, 3.05) is 0 Å². The Bertz CT molecular complexity index is 915. The van der Waals surface area contributed by atoms with E-state index in [0.717, 1.165) is 29.7 Å². The predicted octanol–water partition coefficient (Wildman–Crippen LogP) is 3.85. The van der Waals surface area contributed by atoms with Gasteiger partial charge in [0.05, 0.1) is 16.3 Å². The van der Waals surface area contributed by atoms with Crippen molar-refractivity contribution in [2.45, 2.75) is 46.1 Å². The van der Waals surface area contributed by atoms with Crippen LogP contribution in [0.2, 0.25) is 5.02 Å². The van der Waals surface area contributed by atoms with E-state index in [1.54, 1.807) is 24.3 Å². The highest BCUT2D eigenvalue weighted by molar-refractivity contribution is 6.33. The molecule has 1 heterocycles. The quantitative estimate of drug-likeness (QED) is 0.781. The molecule has 142 valence electrons. The fraction of sp³-hybridized carbons (Fsp3) is 0.350. The highest BCUT2D eigenvalue weighted by Crippen LogP contribution is 2.30. The normalized spacial score (nSPS) is 14.9. The second kappa shape index (κ2) is 7.96. The van der Waals surface area contributed by atoms with Gasteiger partial charge in [-0.3, -0.25) is 9.59 Å². The van der Waals surface area contributed by atoms with Crippen molar-refractivity contribution in [3.8, 4) is 0 Å². The Hall–Kier alpha value is -2.60. The first kappa shape index (κ1) is 19.2. The SMILES string of the molecule is Cc1c(C(=O)NC(C)C)oc2c1/C(=N/NC(=O)c1ccccc1Cl)CCC2. The third-order valence-corrected chi connectivity index (χ3v) is 4.69. The maximum atomic E-state index is 12.4. The number of hydrogen-bond acceptors (Lipinski definition) is 4. The molecule has 6 nitrogen and oxygen atoms in total. The molecule has 1 aliphatic carbocycles. The van der Waals surface area contributed by atoms with E-state index < -0.39 is 0 Å². The van der Waals surface area contributed by atoms with E-state index in [1.807, 2.05) is 20.8 Å². The van der Waals surface area contributed by atoms with Gasteiger partial charge >= 0.3 is 0 Å². The van der Waals surface area contributed by atoms with Crippen molar-refractivity contribution >= 4 is 29.1 Å². The third-order valence-electron chi connectivity index (χ3n) is 4.36. The van der Waals surface area contributed by atoms with Gasteiger partial charge in [-0.2, -0.15) is 5.10 Å². The zero-order valence-corrected chi connectivity index (χ0v) is 16.3. The van der Waals surface area contributed by atoms with Gasteiger partial charge in [0.25, 0.3) is 11.8 Å². The van der Waals surface area contributed by atoms with Gasteiger partial charge in [-0.25, -0.2) is 5.43 Å². The number of nitrogens with one attached hydrogen (secondary N) is 2. The van der Waals surface area contributed by atoms with Crippen molar-refractivity contribution in [1.82, 2.24) is 10.7 Å². The van der Waals surface area contributed by atoms with Crippen LogP contribution in [0.15, 0.2) is 33.8 Å². The highest BCUT2D eigenvalue weighted by Gasteiger charge is 2.28. The van der Waals surface area contributed by atoms with Crippen LogP contribution in [0.5, 0.6) is 0 Å². The second-order valence-corrected chi connectivity index (χ2v) is 7.22. The summed E-state index contributed by atoms with van der Waals surface area (Å²) in [4.78, 5) is 24.7. The van der Waals surface area contributed by atoms with E-state index in [0.29, 0.717) is 28.5 Å². The number of fused-ring (bicyclic) bond motifs is 1. The zero-order valence-electron chi connectivity index (χ0n) is 15.6. The fourth-order valence-corrected chi connectivity index (χ4v) is 3.37. The maximum absolute atomic E-state index is 12.4. The van der Waals surface area contributed by atoms with Crippen LogP contribution in [0.3, 0.4) is 0 Å². The number of hydrazone groups is 1. The molecular weight excluding hydrogens is 366 g/mol. The Kier molecular flexibility index (Phi) is 5.65. The van der Waals surface area contributed by atoms with Crippen LogP contribution in [-0.4, -0.2) is 23.6 Å². The summed E-state index contributed by atoms with van der Waals surface area (Å²) in [5.74, 6) is 0.426. The van der Waals surface area contributed by atoms with E-state index in [9.17, 15) is 9.59 Å². The number of carbonyl (C=O) groups is 2. The second-order valence-electron chi connectivity index (χ2n) is 6.82. The number of hydrogen-bond donors (Lipinski definition) is 2. The maximum Gasteiger partial charge on any atom is 0.287 e. The van der Waals surface area contributed by atoms with E-state index in [2.05, 4.69) is 15.8 Å². The summed E-state index contributed by atoms with van der Waals surface area (Å²) in [6.45, 7) is 5.63. The molecule has 3 rings (SSSR count). The lowest BCUT2D eigenvalue weighted by atomic mass is 9.93. The molecule has 0 atom stereocenters. The molecule has 0 saturated heterocycles. The molecule has 0 fully saturated rings. The molecule has 1 aromatic heterocycles. The summed E-state index contributed by atoms with van der Waals surface area (Å²) in [5, 5.41) is 7.52. The fourth-order valence-electron chi connectivity index (χ4n) is 3.15. The largest absolute Gasteiger partial charge is 0.455 e. The van der Waals surface area contributed by atoms with Crippen LogP contribution in [0.25, 0.3) is 0 Å². The molecule has 0 radical (unpaired) electrons. The Morgan fingerprint density at radius 1 is 1.19 bits per heavy atom. The number of amides is 2. The van der Waals surface area contributed by atoms with Gasteiger partial charge < -0.3 is 9.73 Å². The molecule has 0 aliphatic heterocycles. The number of halogens is 1.